The zero-order valence-corrected chi connectivity index (χ0v) is 30.1. The predicted octanol–water partition coefficient (Wildman–Crippen LogP) is 5.63. The number of hydrogen-bond acceptors (Lipinski definition) is 11. The molecular formula is C34H43BrN9O2P. The van der Waals surface area contributed by atoms with Crippen LogP contribution in [0.5, 0.6) is 5.75 Å². The Balaban J connectivity index is 1.14. The molecule has 2 N–H and O–H groups in total. The molecule has 0 radical (unpaired) electrons. The molecule has 2 aromatic heterocycles. The van der Waals surface area contributed by atoms with E-state index >= 15 is 0 Å². The minimum absolute atomic E-state index is 0.439. The summed E-state index contributed by atoms with van der Waals surface area (Å²) in [5, 5.41) is 7.52. The number of piperazine rings is 1. The number of nitrogens with zero attached hydrogens (tertiary/aromatic N) is 7. The highest BCUT2D eigenvalue weighted by atomic mass is 79.9. The van der Waals surface area contributed by atoms with Gasteiger partial charge in [0.2, 0.25) is 5.95 Å². The molecule has 0 unspecified atom stereocenters. The molecule has 2 aromatic carbocycles. The van der Waals surface area contributed by atoms with Gasteiger partial charge in [-0.2, -0.15) is 4.98 Å². The molecule has 7 rings (SSSR count). The average Bonchev–Trinajstić information content (AvgIpc) is 3.56. The van der Waals surface area contributed by atoms with Gasteiger partial charge in [-0.05, 0) is 79.3 Å². The molecule has 13 heteroatoms. The number of piperidine rings is 1. The first-order valence-corrected chi connectivity index (χ1v) is 19.9. The summed E-state index contributed by atoms with van der Waals surface area (Å²) in [7, 11) is -0.509. The van der Waals surface area contributed by atoms with E-state index in [4.69, 9.17) is 9.72 Å². The minimum Gasteiger partial charge on any atom is -0.491 e. The highest BCUT2D eigenvalue weighted by Crippen LogP contribution is 2.45. The third-order valence-electron chi connectivity index (χ3n) is 9.64. The zero-order valence-electron chi connectivity index (χ0n) is 27.6. The molecule has 0 saturated carbocycles. The van der Waals surface area contributed by atoms with Crippen molar-refractivity contribution in [2.24, 2.45) is 0 Å². The Hall–Kier alpha value is -3.31. The van der Waals surface area contributed by atoms with Gasteiger partial charge in [0.25, 0.3) is 0 Å². The van der Waals surface area contributed by atoms with E-state index < -0.39 is 7.14 Å². The Morgan fingerprint density at radius 2 is 1.77 bits per heavy atom. The second-order valence-corrected chi connectivity index (χ2v) is 17.1. The summed E-state index contributed by atoms with van der Waals surface area (Å²) >= 11 is 3.61. The van der Waals surface area contributed by atoms with Crippen LogP contribution in [0.15, 0.2) is 41.3 Å². The van der Waals surface area contributed by atoms with Crippen LogP contribution in [0.25, 0.3) is 11.0 Å². The molecule has 0 amide bonds. The van der Waals surface area contributed by atoms with Gasteiger partial charge < -0.3 is 29.7 Å². The Kier molecular flexibility index (Phi) is 9.13. The van der Waals surface area contributed by atoms with Gasteiger partial charge in [0.1, 0.15) is 24.2 Å². The van der Waals surface area contributed by atoms with Crippen molar-refractivity contribution < 1.29 is 9.30 Å². The van der Waals surface area contributed by atoms with Crippen LogP contribution < -0.4 is 25.6 Å². The standard InChI is InChI=1S/C34H43BrN9O2P/c1-5-22-20-28(31-24(10-19-46-31)30(22)44-13-8-23(9-14-44)43-17-15-42(2)16-18-43)40-34-38-21-25(35)33(41-34)39-27-7-6-26-29(37-12-11-36-26)32(27)47(3,4)45/h6-7,11-12,20-21,23H,5,8-10,13-19H2,1-4H3,(H2,38,39,40,41). The van der Waals surface area contributed by atoms with Crippen molar-refractivity contribution in [2.45, 2.75) is 38.6 Å². The Bertz CT molecular complexity index is 1830. The van der Waals surface area contributed by atoms with E-state index in [9.17, 15) is 4.57 Å². The van der Waals surface area contributed by atoms with E-state index in [0.29, 0.717) is 50.9 Å². The topological polar surface area (TPSA) is 112 Å². The second-order valence-electron chi connectivity index (χ2n) is 13.1. The van der Waals surface area contributed by atoms with Gasteiger partial charge in [-0.25, -0.2) is 4.98 Å². The Morgan fingerprint density at radius 1 is 1.00 bits per heavy atom. The van der Waals surface area contributed by atoms with Crippen LogP contribution >= 0.6 is 23.1 Å². The molecule has 2 fully saturated rings. The van der Waals surface area contributed by atoms with E-state index in [2.05, 4.69) is 76.3 Å². The summed E-state index contributed by atoms with van der Waals surface area (Å²) in [6.07, 6.45) is 9.19. The summed E-state index contributed by atoms with van der Waals surface area (Å²) in [4.78, 5) is 26.1. The summed E-state index contributed by atoms with van der Waals surface area (Å²) in [6, 6.07) is 6.65. The minimum atomic E-state index is -2.73. The molecule has 2 saturated heterocycles. The first kappa shape index (κ1) is 32.2. The quantitative estimate of drug-likeness (QED) is 0.221. The number of hydrogen-bond donors (Lipinski definition) is 2. The Labute approximate surface area is 285 Å². The van der Waals surface area contributed by atoms with Crippen molar-refractivity contribution in [2.75, 3.05) is 81.8 Å². The number of ether oxygens (including phenoxy) is 1. The van der Waals surface area contributed by atoms with Crippen molar-refractivity contribution in [3.05, 3.63) is 52.4 Å². The molecule has 0 spiro atoms. The smallest absolute Gasteiger partial charge is 0.229 e. The van der Waals surface area contributed by atoms with Crippen LogP contribution in [0.1, 0.15) is 30.9 Å². The van der Waals surface area contributed by atoms with Gasteiger partial charge in [-0.1, -0.05) is 6.92 Å². The zero-order chi connectivity index (χ0) is 32.7. The van der Waals surface area contributed by atoms with Gasteiger partial charge in [0.15, 0.2) is 0 Å². The molecule has 11 nitrogen and oxygen atoms in total. The van der Waals surface area contributed by atoms with Gasteiger partial charge in [-0.15, -0.1) is 0 Å². The van der Waals surface area contributed by atoms with Gasteiger partial charge in [-0.3, -0.25) is 14.9 Å². The second kappa shape index (κ2) is 13.3. The van der Waals surface area contributed by atoms with Crippen molar-refractivity contribution in [3.8, 4) is 5.75 Å². The molecule has 3 aliphatic heterocycles. The number of rotatable bonds is 8. The molecule has 248 valence electrons. The van der Waals surface area contributed by atoms with Crippen molar-refractivity contribution >= 4 is 68.2 Å². The average molecular weight is 721 g/mol. The molecule has 5 heterocycles. The van der Waals surface area contributed by atoms with E-state index in [1.54, 1.807) is 31.9 Å². The molecule has 0 aliphatic carbocycles. The van der Waals surface area contributed by atoms with Gasteiger partial charge in [0.05, 0.1) is 33.3 Å². The van der Waals surface area contributed by atoms with Crippen LogP contribution in [0.3, 0.4) is 0 Å². The van der Waals surface area contributed by atoms with Gasteiger partial charge in [0, 0.05) is 81.6 Å². The fraction of sp³-hybridized carbons (Fsp3) is 0.471. The maximum Gasteiger partial charge on any atom is 0.229 e. The lowest BCUT2D eigenvalue weighted by Gasteiger charge is -2.43. The first-order valence-electron chi connectivity index (χ1n) is 16.5. The molecular weight excluding hydrogens is 677 g/mol. The van der Waals surface area contributed by atoms with Gasteiger partial charge >= 0.3 is 0 Å². The van der Waals surface area contributed by atoms with E-state index in [1.165, 1.54) is 55.8 Å². The SMILES string of the molecule is CCc1cc(Nc2ncc(Br)c(Nc3ccc4nccnc4c3P(C)(C)=O)n2)c2c(c1N1CCC(N3CCN(C)CC3)CC1)CCO2. The third kappa shape index (κ3) is 6.57. The monoisotopic (exact) mass is 719 g/mol. The molecule has 4 aromatic rings. The first-order chi connectivity index (χ1) is 22.7. The summed E-state index contributed by atoms with van der Waals surface area (Å²) in [5.74, 6) is 1.88. The number of nitrogens with one attached hydrogen (secondary N) is 2. The van der Waals surface area contributed by atoms with Crippen LogP contribution in [0.4, 0.5) is 28.8 Å². The number of likely N-dealkylation sites (N-methyl/N-ethyl adjacent to an activating group) is 1. The lowest BCUT2D eigenvalue weighted by Crippen LogP contribution is -2.52. The number of fused-ring (bicyclic) bond motifs is 2. The summed E-state index contributed by atoms with van der Waals surface area (Å²) in [6.45, 7) is 13.2. The van der Waals surface area contributed by atoms with Crippen LogP contribution in [-0.2, 0) is 17.4 Å². The number of anilines is 5. The number of aryl methyl sites for hydroxylation is 1. The highest BCUT2D eigenvalue weighted by Gasteiger charge is 2.31. The van der Waals surface area contributed by atoms with Crippen LogP contribution in [0.2, 0.25) is 0 Å². The fourth-order valence-electron chi connectivity index (χ4n) is 7.25. The predicted molar refractivity (Wildman–Crippen MR) is 194 cm³/mol. The van der Waals surface area contributed by atoms with Crippen LogP contribution in [-0.4, -0.2) is 102 Å². The highest BCUT2D eigenvalue weighted by molar-refractivity contribution is 9.10. The van der Waals surface area contributed by atoms with Crippen LogP contribution in [0, 0.1) is 0 Å². The fourth-order valence-corrected chi connectivity index (χ4v) is 8.94. The third-order valence-corrected chi connectivity index (χ3v) is 11.7. The lowest BCUT2D eigenvalue weighted by molar-refractivity contribution is 0.0982. The maximum atomic E-state index is 13.5. The van der Waals surface area contributed by atoms with E-state index in [1.807, 2.05) is 12.1 Å². The number of aromatic nitrogens is 4. The number of benzene rings is 2. The normalized spacial score (nSPS) is 17.9. The van der Waals surface area contributed by atoms with Crippen molar-refractivity contribution in [1.29, 1.82) is 0 Å². The Morgan fingerprint density at radius 3 is 2.51 bits per heavy atom. The molecule has 47 heavy (non-hydrogen) atoms. The van der Waals surface area contributed by atoms with E-state index in [-0.39, 0.29) is 0 Å². The van der Waals surface area contributed by atoms with Crippen molar-refractivity contribution in [3.63, 3.8) is 0 Å². The summed E-state index contributed by atoms with van der Waals surface area (Å²) in [5.41, 5.74) is 6.83. The molecule has 3 aliphatic rings. The largest absolute Gasteiger partial charge is 0.491 e. The molecule has 0 atom stereocenters. The lowest BCUT2D eigenvalue weighted by atomic mass is 9.96. The van der Waals surface area contributed by atoms with E-state index in [0.717, 1.165) is 37.4 Å². The van der Waals surface area contributed by atoms with Crippen molar-refractivity contribution in [1.82, 2.24) is 29.7 Å². The molecule has 0 bridgehead atoms. The number of halogens is 1. The summed E-state index contributed by atoms with van der Waals surface area (Å²) < 4.78 is 20.4. The maximum absolute atomic E-state index is 13.5.